The second kappa shape index (κ2) is 8.85. The van der Waals surface area contributed by atoms with Gasteiger partial charge in [-0.25, -0.2) is 0 Å². The van der Waals surface area contributed by atoms with Crippen LogP contribution in [-0.4, -0.2) is 16.8 Å². The molecule has 4 aromatic rings. The summed E-state index contributed by atoms with van der Waals surface area (Å²) in [6.07, 6.45) is 1.56. The largest absolute Gasteiger partial charge is 0.354 e. The molecule has 4 rings (SSSR count). The number of rotatable bonds is 5. The molecular weight excluding hydrogens is 412 g/mol. The van der Waals surface area contributed by atoms with Crippen molar-refractivity contribution in [1.82, 2.24) is 4.98 Å². The van der Waals surface area contributed by atoms with Gasteiger partial charge >= 0.3 is 0 Å². The van der Waals surface area contributed by atoms with Gasteiger partial charge in [-0.15, -0.1) is 0 Å². The Labute approximate surface area is 184 Å². The van der Waals surface area contributed by atoms with Gasteiger partial charge in [0.25, 0.3) is 5.91 Å². The average Bonchev–Trinajstić information content (AvgIpc) is 2.76. The molecule has 0 fully saturated rings. The molecule has 0 saturated carbocycles. The minimum absolute atomic E-state index is 0.137. The minimum atomic E-state index is -0.294. The fourth-order valence-corrected chi connectivity index (χ4v) is 3.29. The molecule has 3 aromatic carbocycles. The van der Waals surface area contributed by atoms with Gasteiger partial charge in [-0.3, -0.25) is 14.6 Å². The Morgan fingerprint density at radius 1 is 0.806 bits per heavy atom. The first kappa shape index (κ1) is 20.4. The average molecular weight is 431 g/mol. The van der Waals surface area contributed by atoms with Crippen molar-refractivity contribution >= 4 is 57.1 Å². The molecule has 0 aliphatic heterocycles. The number of nitrogens with one attached hydrogen (secondary N) is 3. The van der Waals surface area contributed by atoms with Crippen LogP contribution in [0.15, 0.2) is 79.0 Å². The van der Waals surface area contributed by atoms with Gasteiger partial charge in [0, 0.05) is 40.6 Å². The third-order valence-electron chi connectivity index (χ3n) is 4.60. The van der Waals surface area contributed by atoms with E-state index in [0.29, 0.717) is 27.6 Å². The molecule has 31 heavy (non-hydrogen) atoms. The summed E-state index contributed by atoms with van der Waals surface area (Å²) in [5.41, 5.74) is 3.91. The van der Waals surface area contributed by atoms with Crippen LogP contribution in [0.4, 0.5) is 22.7 Å². The molecule has 154 valence electrons. The molecule has 0 radical (unpaired) electrons. The maximum Gasteiger partial charge on any atom is 0.259 e. The second-order valence-corrected chi connectivity index (χ2v) is 7.35. The zero-order valence-corrected chi connectivity index (χ0v) is 17.4. The van der Waals surface area contributed by atoms with Gasteiger partial charge in [0.2, 0.25) is 5.91 Å². The van der Waals surface area contributed by atoms with Crippen LogP contribution >= 0.6 is 11.6 Å². The smallest absolute Gasteiger partial charge is 0.259 e. The highest BCUT2D eigenvalue weighted by molar-refractivity contribution is 6.30. The number of aromatic nitrogens is 1. The van der Waals surface area contributed by atoms with Crippen molar-refractivity contribution in [1.29, 1.82) is 0 Å². The molecule has 2 amide bonds. The highest BCUT2D eigenvalue weighted by Gasteiger charge is 2.16. The van der Waals surface area contributed by atoms with Crippen molar-refractivity contribution in [3.05, 3.63) is 89.6 Å². The Morgan fingerprint density at radius 2 is 1.42 bits per heavy atom. The topological polar surface area (TPSA) is 83.1 Å². The van der Waals surface area contributed by atoms with E-state index in [2.05, 4.69) is 20.9 Å². The summed E-state index contributed by atoms with van der Waals surface area (Å²) >= 11 is 5.93. The molecule has 1 heterocycles. The predicted octanol–water partition coefficient (Wildman–Crippen LogP) is 5.84. The lowest BCUT2D eigenvalue weighted by Crippen LogP contribution is -2.14. The molecule has 0 bridgehead atoms. The number of carbonyl (C=O) groups excluding carboxylic acids is 2. The first-order chi connectivity index (χ1) is 15.0. The van der Waals surface area contributed by atoms with Gasteiger partial charge < -0.3 is 16.0 Å². The second-order valence-electron chi connectivity index (χ2n) is 6.91. The third kappa shape index (κ3) is 4.82. The van der Waals surface area contributed by atoms with Crippen LogP contribution in [0.3, 0.4) is 0 Å². The van der Waals surface area contributed by atoms with Crippen molar-refractivity contribution in [2.75, 3.05) is 16.0 Å². The van der Waals surface area contributed by atoms with E-state index in [0.717, 1.165) is 16.6 Å². The quantitative estimate of drug-likeness (QED) is 0.371. The van der Waals surface area contributed by atoms with E-state index in [1.165, 1.54) is 6.92 Å². The number of amides is 2. The number of hydrogen-bond donors (Lipinski definition) is 3. The first-order valence-electron chi connectivity index (χ1n) is 9.59. The van der Waals surface area contributed by atoms with Gasteiger partial charge in [0.15, 0.2) is 0 Å². The molecule has 0 atom stereocenters. The minimum Gasteiger partial charge on any atom is -0.354 e. The summed E-state index contributed by atoms with van der Waals surface area (Å²) in [6.45, 7) is 1.46. The standard InChI is InChI=1S/C24H19ClN4O2/c1-15(30)27-17-10-12-18(13-11-17)28-23-20-4-2-3-5-22(20)26-14-21(23)24(31)29-19-8-6-16(25)7-9-19/h2-14H,1H3,(H,26,28)(H,27,30)(H,29,31). The normalized spacial score (nSPS) is 10.5. The van der Waals surface area contributed by atoms with Crippen molar-refractivity contribution in [2.45, 2.75) is 6.92 Å². The number of hydrogen-bond acceptors (Lipinski definition) is 4. The number of anilines is 4. The fourth-order valence-electron chi connectivity index (χ4n) is 3.16. The summed E-state index contributed by atoms with van der Waals surface area (Å²) in [4.78, 5) is 28.7. The van der Waals surface area contributed by atoms with Gasteiger partial charge in [0.1, 0.15) is 0 Å². The monoisotopic (exact) mass is 430 g/mol. The van der Waals surface area contributed by atoms with Gasteiger partial charge in [-0.1, -0.05) is 29.8 Å². The molecular formula is C24H19ClN4O2. The van der Waals surface area contributed by atoms with E-state index in [4.69, 9.17) is 11.6 Å². The Kier molecular flexibility index (Phi) is 5.82. The number of para-hydroxylation sites is 1. The highest BCUT2D eigenvalue weighted by Crippen LogP contribution is 2.30. The highest BCUT2D eigenvalue weighted by atomic mass is 35.5. The number of benzene rings is 3. The molecule has 0 aliphatic carbocycles. The number of pyridine rings is 1. The SMILES string of the molecule is CC(=O)Nc1ccc(Nc2c(C(=O)Nc3ccc(Cl)cc3)cnc3ccccc23)cc1. The zero-order valence-electron chi connectivity index (χ0n) is 16.6. The van der Waals surface area contributed by atoms with Crippen molar-refractivity contribution < 1.29 is 9.59 Å². The molecule has 0 spiro atoms. The van der Waals surface area contributed by atoms with Crippen LogP contribution in [0.5, 0.6) is 0 Å². The summed E-state index contributed by atoms with van der Waals surface area (Å²) in [6, 6.07) is 21.8. The Bertz CT molecular complexity index is 1260. The van der Waals surface area contributed by atoms with E-state index in [9.17, 15) is 9.59 Å². The molecule has 7 heteroatoms. The van der Waals surface area contributed by atoms with Gasteiger partial charge in [-0.05, 0) is 54.6 Å². The lowest BCUT2D eigenvalue weighted by atomic mass is 10.1. The molecule has 0 unspecified atom stereocenters. The number of carbonyl (C=O) groups is 2. The van der Waals surface area contributed by atoms with E-state index in [1.807, 2.05) is 36.4 Å². The van der Waals surface area contributed by atoms with Crippen LogP contribution in [0.2, 0.25) is 5.02 Å². The maximum atomic E-state index is 13.1. The third-order valence-corrected chi connectivity index (χ3v) is 4.85. The molecule has 3 N–H and O–H groups in total. The summed E-state index contributed by atoms with van der Waals surface area (Å²) < 4.78 is 0. The molecule has 0 aliphatic rings. The van der Waals surface area contributed by atoms with E-state index in [1.54, 1.807) is 42.6 Å². The van der Waals surface area contributed by atoms with Crippen molar-refractivity contribution in [3.8, 4) is 0 Å². The van der Waals surface area contributed by atoms with Crippen LogP contribution in [0.25, 0.3) is 10.9 Å². The molecule has 6 nitrogen and oxygen atoms in total. The van der Waals surface area contributed by atoms with Crippen LogP contribution in [0.1, 0.15) is 17.3 Å². The summed E-state index contributed by atoms with van der Waals surface area (Å²) in [7, 11) is 0. The van der Waals surface area contributed by atoms with E-state index >= 15 is 0 Å². The van der Waals surface area contributed by atoms with Crippen LogP contribution < -0.4 is 16.0 Å². The Morgan fingerprint density at radius 3 is 2.13 bits per heavy atom. The lowest BCUT2D eigenvalue weighted by molar-refractivity contribution is -0.114. The lowest BCUT2D eigenvalue weighted by Gasteiger charge is -2.15. The molecule has 1 aromatic heterocycles. The Hall–Kier alpha value is -3.90. The fraction of sp³-hybridized carbons (Fsp3) is 0.0417. The zero-order chi connectivity index (χ0) is 21.8. The maximum absolute atomic E-state index is 13.1. The van der Waals surface area contributed by atoms with Crippen LogP contribution in [0, 0.1) is 0 Å². The predicted molar refractivity (Wildman–Crippen MR) is 125 cm³/mol. The van der Waals surface area contributed by atoms with Gasteiger partial charge in [-0.2, -0.15) is 0 Å². The van der Waals surface area contributed by atoms with Crippen LogP contribution in [-0.2, 0) is 4.79 Å². The van der Waals surface area contributed by atoms with Crippen molar-refractivity contribution in [2.24, 2.45) is 0 Å². The van der Waals surface area contributed by atoms with E-state index < -0.39 is 0 Å². The first-order valence-corrected chi connectivity index (χ1v) is 9.97. The summed E-state index contributed by atoms with van der Waals surface area (Å²) in [5.74, 6) is -0.431. The van der Waals surface area contributed by atoms with Crippen molar-refractivity contribution in [3.63, 3.8) is 0 Å². The number of fused-ring (bicyclic) bond motifs is 1. The van der Waals surface area contributed by atoms with E-state index in [-0.39, 0.29) is 11.8 Å². The van der Waals surface area contributed by atoms with Gasteiger partial charge in [0.05, 0.1) is 16.8 Å². The number of nitrogens with zero attached hydrogens (tertiary/aromatic N) is 1. The Balaban J connectivity index is 1.69. The summed E-state index contributed by atoms with van der Waals surface area (Å²) in [5, 5.41) is 10.4. The number of halogens is 1. The molecule has 0 saturated heterocycles.